The van der Waals surface area contributed by atoms with Crippen LogP contribution in [-0.4, -0.2) is 17.7 Å². The van der Waals surface area contributed by atoms with Crippen LogP contribution in [0.4, 0.5) is 18.9 Å². The van der Waals surface area contributed by atoms with E-state index in [1.165, 1.54) is 0 Å². The van der Waals surface area contributed by atoms with Gasteiger partial charge in [0.15, 0.2) is 0 Å². The van der Waals surface area contributed by atoms with E-state index in [2.05, 4.69) is 28.8 Å². The molecule has 0 aliphatic heterocycles. The van der Waals surface area contributed by atoms with E-state index in [1.54, 1.807) is 0 Å². The summed E-state index contributed by atoms with van der Waals surface area (Å²) >= 11 is 0. The van der Waals surface area contributed by atoms with E-state index < -0.39 is 11.6 Å². The maximum atomic E-state index is 13.1. The predicted octanol–water partition coefficient (Wildman–Crippen LogP) is 4.85. The molecule has 1 heterocycles. The second kappa shape index (κ2) is 5.18. The molecule has 3 N–H and O–H groups in total. The van der Waals surface area contributed by atoms with Crippen LogP contribution >= 0.6 is 0 Å². The van der Waals surface area contributed by atoms with Crippen molar-refractivity contribution in [2.45, 2.75) is 19.0 Å². The summed E-state index contributed by atoms with van der Waals surface area (Å²) in [6.07, 6.45) is -1.99. The molecule has 1 aromatic heterocycles. The minimum absolute atomic E-state index is 0.128. The van der Waals surface area contributed by atoms with Gasteiger partial charge in [-0.05, 0) is 18.9 Å². The fourth-order valence-corrected chi connectivity index (χ4v) is 3.15. The van der Waals surface area contributed by atoms with Crippen LogP contribution in [0.25, 0.3) is 10.9 Å². The number of hydrogen-bond acceptors (Lipinski definition) is 2. The Balaban J connectivity index is 1.57. The fourth-order valence-electron chi connectivity index (χ4n) is 3.15. The van der Waals surface area contributed by atoms with Gasteiger partial charge in [-0.3, -0.25) is 0 Å². The third-order valence-electron chi connectivity index (χ3n) is 5.13. The lowest BCUT2D eigenvalue weighted by Gasteiger charge is -2.32. The van der Waals surface area contributed by atoms with Gasteiger partial charge in [-0.2, -0.15) is 13.2 Å². The van der Waals surface area contributed by atoms with E-state index in [-0.39, 0.29) is 19.4 Å². The highest BCUT2D eigenvalue weighted by Gasteiger charge is 2.63. The van der Waals surface area contributed by atoms with Gasteiger partial charge in [0.25, 0.3) is 0 Å². The monoisotopic (exact) mass is 345 g/mol. The Morgan fingerprint density at radius 3 is 2.44 bits per heavy atom. The number of hydrogen-bond donors (Lipinski definition) is 3. The molecular formula is C19H18F3N3. The topological polar surface area (TPSA) is 39.9 Å². The Bertz CT molecular complexity index is 913. The average molecular weight is 345 g/mol. The number of halogens is 3. The van der Waals surface area contributed by atoms with Crippen LogP contribution in [0.1, 0.15) is 12.8 Å². The van der Waals surface area contributed by atoms with Crippen molar-refractivity contribution >= 4 is 16.6 Å². The molecule has 25 heavy (non-hydrogen) atoms. The summed E-state index contributed by atoms with van der Waals surface area (Å²) < 4.78 is 39.3. The molecule has 1 saturated carbocycles. The highest BCUT2D eigenvalue weighted by Crippen LogP contribution is 2.57. The fraction of sp³-hybridized carbons (Fsp3) is 0.263. The molecule has 1 aromatic carbocycles. The van der Waals surface area contributed by atoms with Crippen molar-refractivity contribution in [2.24, 2.45) is 5.41 Å². The Morgan fingerprint density at radius 2 is 1.76 bits per heavy atom. The van der Waals surface area contributed by atoms with E-state index in [1.807, 2.05) is 30.5 Å². The normalized spacial score (nSPS) is 19.2. The molecule has 0 unspecified atom stereocenters. The zero-order valence-corrected chi connectivity index (χ0v) is 13.6. The smallest absolute Gasteiger partial charge is 0.382 e. The number of rotatable bonds is 5. The number of fused-ring (bicyclic) bond motifs is 1. The van der Waals surface area contributed by atoms with E-state index in [0.29, 0.717) is 22.5 Å². The van der Waals surface area contributed by atoms with Crippen LogP contribution in [0, 0.1) is 5.41 Å². The summed E-state index contributed by atoms with van der Waals surface area (Å²) in [6.45, 7) is 7.72. The summed E-state index contributed by atoms with van der Waals surface area (Å²) in [5, 5.41) is 7.23. The first-order valence-electron chi connectivity index (χ1n) is 8.09. The van der Waals surface area contributed by atoms with Crippen molar-refractivity contribution in [3.63, 3.8) is 0 Å². The maximum absolute atomic E-state index is 13.1. The number of para-hydroxylation sites is 1. The van der Waals surface area contributed by atoms with Crippen molar-refractivity contribution in [1.29, 1.82) is 0 Å². The molecule has 2 aliphatic carbocycles. The van der Waals surface area contributed by atoms with Crippen LogP contribution in [0.5, 0.6) is 0 Å². The van der Waals surface area contributed by atoms with Gasteiger partial charge in [0, 0.05) is 34.8 Å². The Hall–Kier alpha value is -2.63. The average Bonchev–Trinajstić information content (AvgIpc) is 3.28. The van der Waals surface area contributed by atoms with Gasteiger partial charge < -0.3 is 15.6 Å². The molecule has 2 aromatic rings. The quantitative estimate of drug-likeness (QED) is 0.725. The minimum Gasteiger partial charge on any atom is -0.382 e. The highest BCUT2D eigenvalue weighted by molar-refractivity contribution is 5.94. The molecule has 0 saturated heterocycles. The zero-order chi connectivity index (χ0) is 17.8. The number of allylic oxidation sites excluding steroid dienone is 2. The lowest BCUT2D eigenvalue weighted by molar-refractivity contribution is -0.185. The zero-order valence-electron chi connectivity index (χ0n) is 13.6. The molecule has 3 nitrogen and oxygen atoms in total. The summed E-state index contributed by atoms with van der Waals surface area (Å²) in [5.41, 5.74) is 2.93. The molecule has 4 rings (SSSR count). The van der Waals surface area contributed by atoms with Crippen molar-refractivity contribution in [3.8, 4) is 0 Å². The number of aromatic amines is 1. The molecule has 0 bridgehead atoms. The molecule has 0 spiro atoms. The Labute approximate surface area is 143 Å². The first kappa shape index (κ1) is 15.9. The second-order valence-electron chi connectivity index (χ2n) is 6.71. The van der Waals surface area contributed by atoms with Gasteiger partial charge in [-0.25, -0.2) is 0 Å². The molecule has 6 heteroatoms. The SMILES string of the molecule is C=C1C(=C)C(Nc2c[nH]c3ccccc23)=C1NCC1(C(F)(F)F)CC1. The lowest BCUT2D eigenvalue weighted by Crippen LogP contribution is -2.38. The van der Waals surface area contributed by atoms with Crippen LogP contribution < -0.4 is 10.6 Å². The van der Waals surface area contributed by atoms with Crippen molar-refractivity contribution in [2.75, 3.05) is 11.9 Å². The van der Waals surface area contributed by atoms with Crippen LogP contribution in [0.3, 0.4) is 0 Å². The third-order valence-corrected chi connectivity index (χ3v) is 5.13. The largest absolute Gasteiger partial charge is 0.396 e. The lowest BCUT2D eigenvalue weighted by atomic mass is 9.88. The standard InChI is InChI=1S/C19H18F3N3/c1-11-12(2)17(16(11)24-10-18(7-8-18)19(20,21)22)25-15-9-23-14-6-4-3-5-13(14)15/h3-6,9,23-25H,1-2,7-8,10H2. The molecule has 0 radical (unpaired) electrons. The number of aromatic nitrogens is 1. The van der Waals surface area contributed by atoms with Crippen LogP contribution in [0.2, 0.25) is 0 Å². The van der Waals surface area contributed by atoms with Crippen LogP contribution in [0.15, 0.2) is 66.2 Å². The van der Waals surface area contributed by atoms with Crippen molar-refractivity contribution < 1.29 is 13.2 Å². The summed E-state index contributed by atoms with van der Waals surface area (Å²) in [6, 6.07) is 7.80. The van der Waals surface area contributed by atoms with Gasteiger partial charge in [0.2, 0.25) is 0 Å². The van der Waals surface area contributed by atoms with E-state index in [9.17, 15) is 13.2 Å². The summed E-state index contributed by atoms with van der Waals surface area (Å²) in [7, 11) is 0. The number of anilines is 1. The molecule has 0 amide bonds. The number of nitrogens with one attached hydrogen (secondary N) is 3. The van der Waals surface area contributed by atoms with Gasteiger partial charge in [-0.15, -0.1) is 0 Å². The first-order valence-corrected chi connectivity index (χ1v) is 8.09. The van der Waals surface area contributed by atoms with Gasteiger partial charge in [0.05, 0.1) is 22.5 Å². The van der Waals surface area contributed by atoms with Crippen molar-refractivity contribution in [3.05, 3.63) is 66.2 Å². The van der Waals surface area contributed by atoms with Crippen molar-refractivity contribution in [1.82, 2.24) is 10.3 Å². The number of alkyl halides is 3. The van der Waals surface area contributed by atoms with Gasteiger partial charge in [-0.1, -0.05) is 31.4 Å². The maximum Gasteiger partial charge on any atom is 0.396 e. The molecular weight excluding hydrogens is 327 g/mol. The van der Waals surface area contributed by atoms with E-state index in [4.69, 9.17) is 0 Å². The predicted molar refractivity (Wildman–Crippen MR) is 93.0 cm³/mol. The second-order valence-corrected chi connectivity index (χ2v) is 6.71. The first-order chi connectivity index (χ1) is 11.8. The molecule has 2 aliphatic rings. The summed E-state index contributed by atoms with van der Waals surface area (Å²) in [5.74, 6) is 0. The van der Waals surface area contributed by atoms with Gasteiger partial charge >= 0.3 is 6.18 Å². The van der Waals surface area contributed by atoms with Gasteiger partial charge in [0.1, 0.15) is 0 Å². The van der Waals surface area contributed by atoms with E-state index in [0.717, 1.165) is 16.6 Å². The molecule has 130 valence electrons. The third kappa shape index (κ3) is 2.44. The number of benzene rings is 1. The summed E-state index contributed by atoms with van der Waals surface area (Å²) in [4.78, 5) is 3.16. The minimum atomic E-state index is -4.17. The van der Waals surface area contributed by atoms with Crippen LogP contribution in [-0.2, 0) is 0 Å². The Morgan fingerprint density at radius 1 is 1.08 bits per heavy atom. The van der Waals surface area contributed by atoms with E-state index >= 15 is 0 Å². The number of H-pyrrole nitrogens is 1. The molecule has 1 fully saturated rings. The highest BCUT2D eigenvalue weighted by atomic mass is 19.4. The molecule has 0 atom stereocenters. The Kier molecular flexibility index (Phi) is 3.29.